The van der Waals surface area contributed by atoms with Crippen LogP contribution in [0.15, 0.2) is 16.1 Å². The van der Waals surface area contributed by atoms with Gasteiger partial charge in [0.25, 0.3) is 5.91 Å². The summed E-state index contributed by atoms with van der Waals surface area (Å²) in [6, 6.07) is 0. The van der Waals surface area contributed by atoms with Gasteiger partial charge in [-0.1, -0.05) is 13.8 Å². The van der Waals surface area contributed by atoms with E-state index < -0.39 is 11.4 Å². The van der Waals surface area contributed by atoms with Crippen LogP contribution in [0.3, 0.4) is 0 Å². The number of carbonyl (C=O) groups excluding carboxylic acids is 2. The number of nitrogens with zero attached hydrogens (tertiary/aromatic N) is 1. The van der Waals surface area contributed by atoms with Gasteiger partial charge in [-0.15, -0.1) is 0 Å². The summed E-state index contributed by atoms with van der Waals surface area (Å²) < 4.78 is 0. The number of nitrogens with two attached hydrogens (primary N) is 1. The molecular weight excluding hydrogens is 218 g/mol. The van der Waals surface area contributed by atoms with Crippen LogP contribution >= 0.6 is 0 Å². The summed E-state index contributed by atoms with van der Waals surface area (Å²) >= 11 is 0. The molecule has 0 saturated carbocycles. The summed E-state index contributed by atoms with van der Waals surface area (Å²) in [5.41, 5.74) is 5.47. The van der Waals surface area contributed by atoms with Crippen LogP contribution in [0.5, 0.6) is 0 Å². The van der Waals surface area contributed by atoms with Crippen molar-refractivity contribution in [3.8, 4) is 0 Å². The van der Waals surface area contributed by atoms with Gasteiger partial charge in [0, 0.05) is 5.57 Å². The number of amidine groups is 1. The Balaban J connectivity index is 3.17. The number of hydrogen-bond acceptors (Lipinski definition) is 3. The van der Waals surface area contributed by atoms with Crippen molar-refractivity contribution >= 4 is 17.6 Å². The van der Waals surface area contributed by atoms with Crippen LogP contribution < -0.4 is 11.1 Å². The highest BCUT2D eigenvalue weighted by molar-refractivity contribution is 6.17. The van der Waals surface area contributed by atoms with Crippen molar-refractivity contribution in [2.24, 2.45) is 16.6 Å². The van der Waals surface area contributed by atoms with E-state index in [0.717, 1.165) is 0 Å². The van der Waals surface area contributed by atoms with Gasteiger partial charge in [0.2, 0.25) is 5.91 Å². The third kappa shape index (κ3) is 2.23. The molecule has 0 aromatic heterocycles. The Labute approximate surface area is 101 Å². The van der Waals surface area contributed by atoms with Crippen molar-refractivity contribution in [3.05, 3.63) is 11.1 Å². The van der Waals surface area contributed by atoms with Crippen LogP contribution in [0.2, 0.25) is 0 Å². The first-order chi connectivity index (χ1) is 7.70. The normalized spacial score (nSPS) is 25.5. The fourth-order valence-corrected chi connectivity index (χ4v) is 1.48. The van der Waals surface area contributed by atoms with E-state index in [4.69, 9.17) is 5.73 Å². The number of amides is 2. The fourth-order valence-electron chi connectivity index (χ4n) is 1.48. The minimum absolute atomic E-state index is 0.0849. The van der Waals surface area contributed by atoms with E-state index in [9.17, 15) is 9.59 Å². The molecule has 0 spiro atoms. The molecule has 5 nitrogen and oxygen atoms in total. The minimum Gasteiger partial charge on any atom is -0.366 e. The topological polar surface area (TPSA) is 84.6 Å². The summed E-state index contributed by atoms with van der Waals surface area (Å²) in [5, 5.41) is 2.71. The molecule has 17 heavy (non-hydrogen) atoms. The molecule has 1 rings (SSSR count). The van der Waals surface area contributed by atoms with Gasteiger partial charge >= 0.3 is 0 Å². The molecule has 0 bridgehead atoms. The van der Waals surface area contributed by atoms with E-state index in [2.05, 4.69) is 10.3 Å². The SMILES string of the molecule is CC(C(N)=O)=C(C)C1=NC(C)(C(C)C)C(=O)N1. The number of rotatable bonds is 3. The molecular formula is C12H19N3O2. The first kappa shape index (κ1) is 13.4. The standard InChI is InChI=1S/C12H19N3O2/c1-6(2)12(5)11(17)14-10(15-12)8(4)7(3)9(13)16/h6H,1-5H3,(H2,13,16)(H,14,15,17). The van der Waals surface area contributed by atoms with E-state index in [1.807, 2.05) is 13.8 Å². The maximum Gasteiger partial charge on any atom is 0.253 e. The van der Waals surface area contributed by atoms with Crippen LogP contribution in [0, 0.1) is 5.92 Å². The average Bonchev–Trinajstić information content (AvgIpc) is 2.54. The molecule has 1 heterocycles. The van der Waals surface area contributed by atoms with Crippen LogP contribution in [-0.4, -0.2) is 23.2 Å². The number of nitrogens with one attached hydrogen (secondary N) is 1. The zero-order valence-corrected chi connectivity index (χ0v) is 10.9. The van der Waals surface area contributed by atoms with Gasteiger partial charge in [0.05, 0.1) is 0 Å². The molecule has 0 aromatic carbocycles. The minimum atomic E-state index is -0.769. The van der Waals surface area contributed by atoms with Crippen LogP contribution in [0.1, 0.15) is 34.6 Å². The third-order valence-electron chi connectivity index (χ3n) is 3.45. The van der Waals surface area contributed by atoms with Gasteiger partial charge in [-0.2, -0.15) is 0 Å². The Hall–Kier alpha value is -1.65. The van der Waals surface area contributed by atoms with Crippen molar-refractivity contribution in [1.82, 2.24) is 5.32 Å². The molecule has 94 valence electrons. The highest BCUT2D eigenvalue weighted by Gasteiger charge is 2.42. The molecule has 0 saturated heterocycles. The van der Waals surface area contributed by atoms with Gasteiger partial charge in [0.15, 0.2) is 0 Å². The van der Waals surface area contributed by atoms with Crippen LogP contribution in [0.25, 0.3) is 0 Å². The molecule has 1 unspecified atom stereocenters. The fraction of sp³-hybridized carbons (Fsp3) is 0.583. The summed E-state index contributed by atoms with van der Waals surface area (Å²) in [4.78, 5) is 27.3. The van der Waals surface area contributed by atoms with E-state index in [1.54, 1.807) is 20.8 Å². The Kier molecular flexibility index (Phi) is 3.40. The van der Waals surface area contributed by atoms with Crippen molar-refractivity contribution in [2.75, 3.05) is 0 Å². The first-order valence-corrected chi connectivity index (χ1v) is 5.59. The Morgan fingerprint density at radius 1 is 1.41 bits per heavy atom. The molecule has 5 heteroatoms. The summed E-state index contributed by atoms with van der Waals surface area (Å²) in [7, 11) is 0. The van der Waals surface area contributed by atoms with E-state index in [-0.39, 0.29) is 11.8 Å². The quantitative estimate of drug-likeness (QED) is 0.710. The second kappa shape index (κ2) is 4.31. The number of primary amides is 1. The third-order valence-corrected chi connectivity index (χ3v) is 3.45. The molecule has 0 radical (unpaired) electrons. The first-order valence-electron chi connectivity index (χ1n) is 5.59. The summed E-state index contributed by atoms with van der Waals surface area (Å²) in [6.07, 6.45) is 0. The van der Waals surface area contributed by atoms with Crippen molar-refractivity contribution in [2.45, 2.75) is 40.2 Å². The lowest BCUT2D eigenvalue weighted by atomic mass is 9.89. The molecule has 1 aliphatic heterocycles. The van der Waals surface area contributed by atoms with Gasteiger partial charge in [-0.3, -0.25) is 14.6 Å². The molecule has 2 amide bonds. The van der Waals surface area contributed by atoms with Crippen LogP contribution in [0.4, 0.5) is 0 Å². The maximum atomic E-state index is 11.9. The smallest absolute Gasteiger partial charge is 0.253 e. The Bertz CT molecular complexity index is 435. The lowest BCUT2D eigenvalue weighted by molar-refractivity contribution is -0.124. The largest absolute Gasteiger partial charge is 0.366 e. The van der Waals surface area contributed by atoms with Gasteiger partial charge in [0.1, 0.15) is 11.4 Å². The lowest BCUT2D eigenvalue weighted by Gasteiger charge is -2.21. The predicted molar refractivity (Wildman–Crippen MR) is 66.4 cm³/mol. The van der Waals surface area contributed by atoms with Crippen molar-refractivity contribution < 1.29 is 9.59 Å². The average molecular weight is 237 g/mol. The number of carbonyl (C=O) groups is 2. The molecule has 0 aromatic rings. The highest BCUT2D eigenvalue weighted by Crippen LogP contribution is 2.27. The molecule has 1 atom stereocenters. The molecule has 1 aliphatic rings. The maximum absolute atomic E-state index is 11.9. The summed E-state index contributed by atoms with van der Waals surface area (Å²) in [6.45, 7) is 9.01. The van der Waals surface area contributed by atoms with Gasteiger partial charge in [-0.25, -0.2) is 0 Å². The molecule has 0 aliphatic carbocycles. The van der Waals surface area contributed by atoms with Crippen LogP contribution in [-0.2, 0) is 9.59 Å². The second-order valence-corrected chi connectivity index (χ2v) is 4.83. The lowest BCUT2D eigenvalue weighted by Crippen LogP contribution is -2.41. The van der Waals surface area contributed by atoms with Crippen molar-refractivity contribution in [3.63, 3.8) is 0 Å². The molecule has 3 N–H and O–H groups in total. The predicted octanol–water partition coefficient (Wildman–Crippen LogP) is 0.751. The van der Waals surface area contributed by atoms with E-state index in [1.165, 1.54) is 0 Å². The Morgan fingerprint density at radius 2 is 1.94 bits per heavy atom. The highest BCUT2D eigenvalue weighted by atomic mass is 16.2. The zero-order chi connectivity index (χ0) is 13.4. The monoisotopic (exact) mass is 237 g/mol. The van der Waals surface area contributed by atoms with E-state index in [0.29, 0.717) is 17.0 Å². The van der Waals surface area contributed by atoms with E-state index >= 15 is 0 Å². The summed E-state index contributed by atoms with van der Waals surface area (Å²) in [5.74, 6) is -0.110. The second-order valence-electron chi connectivity index (χ2n) is 4.83. The van der Waals surface area contributed by atoms with Gasteiger partial charge in [-0.05, 0) is 32.3 Å². The molecule has 0 fully saturated rings. The van der Waals surface area contributed by atoms with Gasteiger partial charge < -0.3 is 11.1 Å². The van der Waals surface area contributed by atoms with Crippen molar-refractivity contribution in [1.29, 1.82) is 0 Å². The zero-order valence-electron chi connectivity index (χ0n) is 10.9. The number of hydrogen-bond donors (Lipinski definition) is 2. The Morgan fingerprint density at radius 3 is 2.29 bits per heavy atom. The number of aliphatic imine (C=N–C) groups is 1.